The molecule has 10 nitrogen and oxygen atoms in total. The van der Waals surface area contributed by atoms with Gasteiger partial charge >= 0.3 is 5.97 Å². The average Bonchev–Trinajstić information content (AvgIpc) is 3.22. The number of carbonyl (C=O) groups is 3. The van der Waals surface area contributed by atoms with E-state index in [0.29, 0.717) is 17.0 Å². The summed E-state index contributed by atoms with van der Waals surface area (Å²) in [6.07, 6.45) is -0.992. The Hall–Kier alpha value is -3.73. The van der Waals surface area contributed by atoms with E-state index < -0.39 is 33.9 Å². The molecule has 35 heavy (non-hydrogen) atoms. The summed E-state index contributed by atoms with van der Waals surface area (Å²) in [7, 11) is -1.74. The zero-order chi connectivity index (χ0) is 25.0. The Balaban J connectivity index is 1.54. The van der Waals surface area contributed by atoms with Crippen molar-refractivity contribution in [2.75, 3.05) is 23.9 Å². The van der Waals surface area contributed by atoms with Crippen molar-refractivity contribution in [3.63, 3.8) is 0 Å². The number of methoxy groups -OCH3 is 1. The van der Waals surface area contributed by atoms with Crippen molar-refractivity contribution in [1.29, 1.82) is 0 Å². The maximum absolute atomic E-state index is 13.1. The minimum Gasteiger partial charge on any atom is -0.497 e. The second kappa shape index (κ2) is 10.3. The number of nitrogens with zero attached hydrogens (tertiary/aromatic N) is 2. The van der Waals surface area contributed by atoms with Crippen molar-refractivity contribution >= 4 is 39.0 Å². The summed E-state index contributed by atoms with van der Waals surface area (Å²) in [5.41, 5.74) is 0.872. The predicted octanol–water partition coefficient (Wildman–Crippen LogP) is 2.08. The standard InChI is InChI=1S/C24H25N3O7S/c1-33-19-9-5-8-17(14-19)25-23(29)22(16-6-3-2-4-7-16)34-24(30)20-10-11-21(28)27(26-20)18-12-13-35(31,32)15-18/h2-9,14,18,22H,10-13,15H2,1H3,(H,25,29)/t18-,22+/m0/s1. The van der Waals surface area contributed by atoms with Crippen LogP contribution in [0.1, 0.15) is 30.9 Å². The van der Waals surface area contributed by atoms with Crippen molar-refractivity contribution in [3.8, 4) is 5.75 Å². The fourth-order valence-corrected chi connectivity index (χ4v) is 5.65. The molecule has 0 bridgehead atoms. The number of ether oxygens (including phenoxy) is 2. The molecule has 0 unspecified atom stereocenters. The highest BCUT2D eigenvalue weighted by Gasteiger charge is 2.38. The Bertz CT molecular complexity index is 1260. The van der Waals surface area contributed by atoms with E-state index in [1.807, 2.05) is 0 Å². The molecule has 1 fully saturated rings. The molecule has 2 aromatic carbocycles. The number of nitrogens with one attached hydrogen (secondary N) is 1. The Labute approximate surface area is 202 Å². The van der Waals surface area contributed by atoms with Gasteiger partial charge in [-0.3, -0.25) is 9.59 Å². The fraction of sp³-hybridized carbons (Fsp3) is 0.333. The monoisotopic (exact) mass is 499 g/mol. The molecule has 2 heterocycles. The maximum Gasteiger partial charge on any atom is 0.355 e. The van der Waals surface area contributed by atoms with Crippen LogP contribution in [0.2, 0.25) is 0 Å². The highest BCUT2D eigenvalue weighted by atomic mass is 32.2. The highest BCUT2D eigenvalue weighted by Crippen LogP contribution is 2.25. The first-order chi connectivity index (χ1) is 16.8. The van der Waals surface area contributed by atoms with Crippen molar-refractivity contribution in [1.82, 2.24) is 5.01 Å². The average molecular weight is 500 g/mol. The molecule has 0 saturated carbocycles. The third kappa shape index (κ3) is 5.86. The number of rotatable bonds is 7. The zero-order valence-corrected chi connectivity index (χ0v) is 19.9. The molecule has 0 spiro atoms. The minimum absolute atomic E-state index is 0.00348. The molecule has 11 heteroatoms. The first-order valence-corrected chi connectivity index (χ1v) is 12.9. The number of benzene rings is 2. The van der Waals surface area contributed by atoms with Crippen LogP contribution in [0.4, 0.5) is 5.69 Å². The van der Waals surface area contributed by atoms with Crippen molar-refractivity contribution in [3.05, 3.63) is 60.2 Å². The smallest absolute Gasteiger partial charge is 0.355 e. The Kier molecular flexibility index (Phi) is 7.15. The number of esters is 1. The van der Waals surface area contributed by atoms with Crippen LogP contribution >= 0.6 is 0 Å². The van der Waals surface area contributed by atoms with Crippen LogP contribution < -0.4 is 10.1 Å². The first-order valence-electron chi connectivity index (χ1n) is 11.1. The van der Waals surface area contributed by atoms with Crippen LogP contribution in [0.5, 0.6) is 5.75 Å². The van der Waals surface area contributed by atoms with Gasteiger partial charge in [-0.1, -0.05) is 36.4 Å². The molecule has 184 valence electrons. The third-order valence-corrected chi connectivity index (χ3v) is 7.50. The number of amides is 2. The molecule has 1 saturated heterocycles. The molecule has 1 N–H and O–H groups in total. The number of sulfone groups is 1. The summed E-state index contributed by atoms with van der Waals surface area (Å²) < 4.78 is 34.4. The third-order valence-electron chi connectivity index (χ3n) is 5.75. The van der Waals surface area contributed by atoms with Gasteiger partial charge in [0.05, 0.1) is 24.7 Å². The Morgan fingerprint density at radius 2 is 1.89 bits per heavy atom. The fourth-order valence-electron chi connectivity index (χ4n) is 3.96. The van der Waals surface area contributed by atoms with Crippen LogP contribution in [-0.4, -0.2) is 61.6 Å². The van der Waals surface area contributed by atoms with E-state index in [0.717, 1.165) is 5.01 Å². The van der Waals surface area contributed by atoms with E-state index in [1.165, 1.54) is 7.11 Å². The van der Waals surface area contributed by atoms with E-state index in [1.54, 1.807) is 54.6 Å². The number of carbonyl (C=O) groups excluding carboxylic acids is 3. The van der Waals surface area contributed by atoms with Crippen LogP contribution in [0.25, 0.3) is 0 Å². The molecule has 0 aromatic heterocycles. The van der Waals surface area contributed by atoms with Crippen LogP contribution in [0, 0.1) is 0 Å². The lowest BCUT2D eigenvalue weighted by atomic mass is 10.1. The summed E-state index contributed by atoms with van der Waals surface area (Å²) in [6.45, 7) is 0. The number of hydrogen-bond donors (Lipinski definition) is 1. The van der Waals surface area contributed by atoms with Crippen LogP contribution in [-0.2, 0) is 29.0 Å². The maximum atomic E-state index is 13.1. The molecule has 0 radical (unpaired) electrons. The topological polar surface area (TPSA) is 131 Å². The molecule has 2 aliphatic rings. The summed E-state index contributed by atoms with van der Waals surface area (Å²) in [5, 5.41) is 7.94. The molecular weight excluding hydrogens is 474 g/mol. The summed E-state index contributed by atoms with van der Waals surface area (Å²) in [5.74, 6) is -1.45. The van der Waals surface area contributed by atoms with Crippen LogP contribution in [0.15, 0.2) is 59.7 Å². The molecule has 0 aliphatic carbocycles. The van der Waals surface area contributed by atoms with Gasteiger partial charge in [0.15, 0.2) is 9.84 Å². The van der Waals surface area contributed by atoms with E-state index in [9.17, 15) is 22.8 Å². The molecule has 2 aromatic rings. The van der Waals surface area contributed by atoms with Crippen molar-refractivity contribution < 1.29 is 32.3 Å². The van der Waals surface area contributed by atoms with Gasteiger partial charge in [0.25, 0.3) is 5.91 Å². The summed E-state index contributed by atoms with van der Waals surface area (Å²) >= 11 is 0. The van der Waals surface area contributed by atoms with Gasteiger partial charge in [0.2, 0.25) is 12.0 Å². The van der Waals surface area contributed by atoms with Gasteiger partial charge in [0.1, 0.15) is 11.5 Å². The van der Waals surface area contributed by atoms with Gasteiger partial charge < -0.3 is 14.8 Å². The van der Waals surface area contributed by atoms with Crippen LogP contribution in [0.3, 0.4) is 0 Å². The second-order valence-corrected chi connectivity index (χ2v) is 10.5. The molecule has 4 rings (SSSR count). The first kappa shape index (κ1) is 24.4. The molecule has 2 aliphatic heterocycles. The van der Waals surface area contributed by atoms with Gasteiger partial charge in [-0.25, -0.2) is 18.2 Å². The van der Waals surface area contributed by atoms with E-state index in [4.69, 9.17) is 9.47 Å². The van der Waals surface area contributed by atoms with Gasteiger partial charge in [-0.2, -0.15) is 5.10 Å². The quantitative estimate of drug-likeness (QED) is 0.577. The van der Waals surface area contributed by atoms with Crippen molar-refractivity contribution in [2.45, 2.75) is 31.4 Å². The minimum atomic E-state index is -3.25. The lowest BCUT2D eigenvalue weighted by Crippen LogP contribution is -2.42. The van der Waals surface area contributed by atoms with Gasteiger partial charge in [-0.15, -0.1) is 0 Å². The number of hydrogen-bond acceptors (Lipinski definition) is 8. The number of hydrazone groups is 1. The van der Waals surface area contributed by atoms with Gasteiger partial charge in [-0.05, 0) is 18.6 Å². The zero-order valence-electron chi connectivity index (χ0n) is 19.0. The lowest BCUT2D eigenvalue weighted by Gasteiger charge is -2.27. The largest absolute Gasteiger partial charge is 0.497 e. The normalized spacial score (nSPS) is 20.0. The molecule has 2 atom stereocenters. The Morgan fingerprint density at radius 1 is 1.11 bits per heavy atom. The lowest BCUT2D eigenvalue weighted by molar-refractivity contribution is -0.148. The molecule has 2 amide bonds. The summed E-state index contributed by atoms with van der Waals surface area (Å²) in [6, 6.07) is 14.7. The summed E-state index contributed by atoms with van der Waals surface area (Å²) in [4.78, 5) is 38.5. The molecular formula is C24H25N3O7S. The van der Waals surface area contributed by atoms with E-state index in [-0.39, 0.29) is 42.4 Å². The van der Waals surface area contributed by atoms with E-state index in [2.05, 4.69) is 10.4 Å². The predicted molar refractivity (Wildman–Crippen MR) is 127 cm³/mol. The SMILES string of the molecule is COc1cccc(NC(=O)[C@H](OC(=O)C2=NN([C@H]3CCS(=O)(=O)C3)C(=O)CC2)c2ccccc2)c1. The Morgan fingerprint density at radius 3 is 2.57 bits per heavy atom. The highest BCUT2D eigenvalue weighted by molar-refractivity contribution is 7.91. The van der Waals surface area contributed by atoms with Crippen molar-refractivity contribution in [2.24, 2.45) is 5.10 Å². The van der Waals surface area contributed by atoms with E-state index >= 15 is 0 Å². The second-order valence-electron chi connectivity index (χ2n) is 8.26. The number of anilines is 1. The van der Waals surface area contributed by atoms with Gasteiger partial charge in [0, 0.05) is 30.2 Å².